The molecule has 0 atom stereocenters. The van der Waals surface area contributed by atoms with Crippen LogP contribution >= 0.6 is 0 Å². The third-order valence-electron chi connectivity index (χ3n) is 3.92. The number of amides is 1. The van der Waals surface area contributed by atoms with Crippen LogP contribution in [0.5, 0.6) is 5.75 Å². The molecule has 0 aliphatic rings. The summed E-state index contributed by atoms with van der Waals surface area (Å²) >= 11 is 0. The Balaban J connectivity index is 1.72. The summed E-state index contributed by atoms with van der Waals surface area (Å²) < 4.78 is 6.25. The average Bonchev–Trinajstić information content (AvgIpc) is 2.69. The van der Waals surface area contributed by atoms with Crippen LogP contribution in [-0.2, 0) is 11.3 Å². The zero-order valence-corrected chi connectivity index (χ0v) is 14.9. The standard InChI is InChI=1S/C19H16N4O5/c1-28-16-7-5-13(6-8-16)17-10-19(25)22(12-20-17)11-18(24)21-14-3-2-4-15(9-14)23(26)27/h2-10,12H,11H2,1H3,(H,21,24). The van der Waals surface area contributed by atoms with Gasteiger partial charge in [-0.15, -0.1) is 0 Å². The van der Waals surface area contributed by atoms with E-state index in [0.717, 1.165) is 10.1 Å². The van der Waals surface area contributed by atoms with Crippen molar-refractivity contribution in [3.05, 3.63) is 81.4 Å². The van der Waals surface area contributed by atoms with E-state index >= 15 is 0 Å². The number of nitrogens with one attached hydrogen (secondary N) is 1. The second kappa shape index (κ2) is 8.12. The van der Waals surface area contributed by atoms with Gasteiger partial charge in [0.1, 0.15) is 12.3 Å². The molecule has 0 bridgehead atoms. The molecule has 1 aromatic heterocycles. The molecule has 1 N–H and O–H groups in total. The van der Waals surface area contributed by atoms with Crippen molar-refractivity contribution in [3.8, 4) is 17.0 Å². The number of hydrogen-bond acceptors (Lipinski definition) is 6. The fourth-order valence-corrected chi connectivity index (χ4v) is 2.52. The first kappa shape index (κ1) is 18.8. The highest BCUT2D eigenvalue weighted by atomic mass is 16.6. The number of carbonyl (C=O) groups excluding carboxylic acids is 1. The minimum absolute atomic E-state index is 0.138. The highest BCUT2D eigenvalue weighted by Gasteiger charge is 2.10. The van der Waals surface area contributed by atoms with Crippen molar-refractivity contribution in [3.63, 3.8) is 0 Å². The van der Waals surface area contributed by atoms with Crippen molar-refractivity contribution < 1.29 is 14.5 Å². The second-order valence-corrected chi connectivity index (χ2v) is 5.82. The van der Waals surface area contributed by atoms with E-state index in [9.17, 15) is 19.7 Å². The quantitative estimate of drug-likeness (QED) is 0.519. The maximum atomic E-state index is 12.3. The van der Waals surface area contributed by atoms with Crippen molar-refractivity contribution >= 4 is 17.3 Å². The minimum Gasteiger partial charge on any atom is -0.497 e. The molecule has 2 aromatic carbocycles. The number of non-ortho nitro benzene ring substituents is 1. The Hall–Kier alpha value is -4.01. The van der Waals surface area contributed by atoms with Gasteiger partial charge >= 0.3 is 0 Å². The van der Waals surface area contributed by atoms with Gasteiger partial charge in [-0.05, 0) is 30.3 Å². The zero-order chi connectivity index (χ0) is 20.1. The molecule has 9 nitrogen and oxygen atoms in total. The number of rotatable bonds is 6. The van der Waals surface area contributed by atoms with Crippen molar-refractivity contribution in [1.29, 1.82) is 0 Å². The lowest BCUT2D eigenvalue weighted by molar-refractivity contribution is -0.384. The molecule has 0 unspecified atom stereocenters. The summed E-state index contributed by atoms with van der Waals surface area (Å²) in [5, 5.41) is 13.3. The van der Waals surface area contributed by atoms with E-state index in [0.29, 0.717) is 11.4 Å². The first-order chi connectivity index (χ1) is 13.5. The van der Waals surface area contributed by atoms with E-state index in [1.807, 2.05) is 0 Å². The largest absolute Gasteiger partial charge is 0.497 e. The molecule has 0 aliphatic heterocycles. The predicted molar refractivity (Wildman–Crippen MR) is 102 cm³/mol. The van der Waals surface area contributed by atoms with Crippen LogP contribution in [0, 0.1) is 10.1 Å². The number of aromatic nitrogens is 2. The Bertz CT molecular complexity index is 1080. The number of methoxy groups -OCH3 is 1. The first-order valence-electron chi connectivity index (χ1n) is 8.21. The summed E-state index contributed by atoms with van der Waals surface area (Å²) in [6, 6.07) is 14.0. The van der Waals surface area contributed by atoms with Crippen LogP contribution in [0.2, 0.25) is 0 Å². The fourth-order valence-electron chi connectivity index (χ4n) is 2.52. The predicted octanol–water partition coefficient (Wildman–Crippen LogP) is 2.47. The van der Waals surface area contributed by atoms with E-state index in [2.05, 4.69) is 10.3 Å². The lowest BCUT2D eigenvalue weighted by Gasteiger charge is -2.08. The molecule has 142 valence electrons. The molecular formula is C19H16N4O5. The van der Waals surface area contributed by atoms with E-state index in [-0.39, 0.29) is 17.9 Å². The van der Waals surface area contributed by atoms with Gasteiger partial charge in [-0.25, -0.2) is 4.98 Å². The Morgan fingerprint density at radius 2 is 1.96 bits per heavy atom. The van der Waals surface area contributed by atoms with Gasteiger partial charge in [0.2, 0.25) is 5.91 Å². The second-order valence-electron chi connectivity index (χ2n) is 5.82. The average molecular weight is 380 g/mol. The maximum Gasteiger partial charge on any atom is 0.271 e. The summed E-state index contributed by atoms with van der Waals surface area (Å²) in [5.41, 5.74) is 0.958. The minimum atomic E-state index is -0.554. The number of nitrogens with zero attached hydrogens (tertiary/aromatic N) is 3. The van der Waals surface area contributed by atoms with Gasteiger partial charge in [0.25, 0.3) is 11.2 Å². The molecule has 9 heteroatoms. The molecule has 28 heavy (non-hydrogen) atoms. The monoisotopic (exact) mass is 380 g/mol. The van der Waals surface area contributed by atoms with E-state index in [4.69, 9.17) is 4.74 Å². The van der Waals surface area contributed by atoms with Gasteiger partial charge in [-0.1, -0.05) is 6.07 Å². The Morgan fingerprint density at radius 3 is 2.61 bits per heavy atom. The number of benzene rings is 2. The van der Waals surface area contributed by atoms with Crippen LogP contribution in [0.15, 0.2) is 65.7 Å². The molecule has 3 rings (SSSR count). The first-order valence-corrected chi connectivity index (χ1v) is 8.21. The molecule has 0 saturated carbocycles. The normalized spacial score (nSPS) is 10.3. The van der Waals surface area contributed by atoms with Gasteiger partial charge in [0, 0.05) is 29.4 Å². The summed E-state index contributed by atoms with van der Waals surface area (Å²) in [5.74, 6) is 0.191. The molecule has 0 saturated heterocycles. The van der Waals surface area contributed by atoms with Crippen molar-refractivity contribution in [2.45, 2.75) is 6.54 Å². The van der Waals surface area contributed by atoms with Crippen LogP contribution < -0.4 is 15.6 Å². The van der Waals surface area contributed by atoms with Crippen LogP contribution in [0.25, 0.3) is 11.3 Å². The smallest absolute Gasteiger partial charge is 0.271 e. The van der Waals surface area contributed by atoms with Crippen LogP contribution in [-0.4, -0.2) is 27.5 Å². The van der Waals surface area contributed by atoms with Gasteiger partial charge in [-0.2, -0.15) is 0 Å². The number of nitro groups is 1. The van der Waals surface area contributed by atoms with Crippen molar-refractivity contribution in [2.24, 2.45) is 0 Å². The SMILES string of the molecule is COc1ccc(-c2cc(=O)n(CC(=O)Nc3cccc([N+](=O)[O-])c3)cn2)cc1. The number of anilines is 1. The van der Waals surface area contributed by atoms with E-state index in [1.165, 1.54) is 36.7 Å². The van der Waals surface area contributed by atoms with E-state index in [1.54, 1.807) is 31.4 Å². The van der Waals surface area contributed by atoms with Crippen molar-refractivity contribution in [2.75, 3.05) is 12.4 Å². The Morgan fingerprint density at radius 1 is 1.21 bits per heavy atom. The maximum absolute atomic E-state index is 12.3. The zero-order valence-electron chi connectivity index (χ0n) is 14.9. The molecular weight excluding hydrogens is 364 g/mol. The van der Waals surface area contributed by atoms with Crippen LogP contribution in [0.1, 0.15) is 0 Å². The Kier molecular flexibility index (Phi) is 5.45. The summed E-state index contributed by atoms with van der Waals surface area (Å²) in [6.07, 6.45) is 1.29. The topological polar surface area (TPSA) is 116 Å². The molecule has 0 aliphatic carbocycles. The molecule has 1 heterocycles. The van der Waals surface area contributed by atoms with Gasteiger partial charge in [0.15, 0.2) is 0 Å². The highest BCUT2D eigenvalue weighted by molar-refractivity contribution is 5.90. The van der Waals surface area contributed by atoms with E-state index < -0.39 is 16.4 Å². The van der Waals surface area contributed by atoms with Crippen LogP contribution in [0.3, 0.4) is 0 Å². The van der Waals surface area contributed by atoms with Gasteiger partial charge in [-0.3, -0.25) is 24.3 Å². The third kappa shape index (κ3) is 4.39. The summed E-state index contributed by atoms with van der Waals surface area (Å²) in [6.45, 7) is -0.266. The van der Waals surface area contributed by atoms with Gasteiger partial charge in [0.05, 0.1) is 24.1 Å². The number of nitro benzene ring substituents is 1. The summed E-state index contributed by atoms with van der Waals surface area (Å²) in [4.78, 5) is 38.9. The highest BCUT2D eigenvalue weighted by Crippen LogP contribution is 2.19. The summed E-state index contributed by atoms with van der Waals surface area (Å²) in [7, 11) is 1.56. The lowest BCUT2D eigenvalue weighted by Crippen LogP contribution is -2.27. The molecule has 3 aromatic rings. The molecule has 0 radical (unpaired) electrons. The van der Waals surface area contributed by atoms with Gasteiger partial charge < -0.3 is 10.1 Å². The number of hydrogen-bond donors (Lipinski definition) is 1. The molecule has 0 fully saturated rings. The Labute approximate surface area is 159 Å². The number of carbonyl (C=O) groups is 1. The molecule has 0 spiro atoms. The number of ether oxygens (including phenoxy) is 1. The third-order valence-corrected chi connectivity index (χ3v) is 3.92. The van der Waals surface area contributed by atoms with Crippen LogP contribution in [0.4, 0.5) is 11.4 Å². The lowest BCUT2D eigenvalue weighted by atomic mass is 10.1. The van der Waals surface area contributed by atoms with Crippen molar-refractivity contribution in [1.82, 2.24) is 9.55 Å². The molecule has 1 amide bonds. The fraction of sp³-hybridized carbons (Fsp3) is 0.105.